The van der Waals surface area contributed by atoms with Crippen LogP contribution in [0.15, 0.2) is 42.0 Å². The lowest BCUT2D eigenvalue weighted by atomic mass is 9.73. The molecular weight excluding hydrogens is 189 g/mol. The number of rotatable bonds is 1. The topological polar surface area (TPSA) is 0 Å². The molecule has 2 rings (SSSR count). The van der Waals surface area contributed by atoms with Gasteiger partial charge in [0.05, 0.1) is 0 Å². The number of hydrogen-bond acceptors (Lipinski definition) is 0. The van der Waals surface area contributed by atoms with E-state index < -0.39 is 11.7 Å². The van der Waals surface area contributed by atoms with Crippen molar-refractivity contribution in [3.63, 3.8) is 0 Å². The molecule has 14 heavy (non-hydrogen) atoms. The summed E-state index contributed by atoms with van der Waals surface area (Å²) in [4.78, 5) is 0. The third kappa shape index (κ3) is 1.43. The van der Waals surface area contributed by atoms with Gasteiger partial charge in [0, 0.05) is 18.4 Å². The van der Waals surface area contributed by atoms with Crippen LogP contribution in [0.4, 0.5) is 13.2 Å². The van der Waals surface area contributed by atoms with Gasteiger partial charge in [-0.2, -0.15) is 8.78 Å². The molecule has 0 nitrogen and oxygen atoms in total. The van der Waals surface area contributed by atoms with E-state index in [0.717, 1.165) is 0 Å². The maximum atomic E-state index is 13.9. The maximum Gasteiger partial charge on any atom is 0.269 e. The van der Waals surface area contributed by atoms with Crippen LogP contribution < -0.4 is 0 Å². The molecule has 0 radical (unpaired) electrons. The Balaban J connectivity index is 2.20. The summed E-state index contributed by atoms with van der Waals surface area (Å²) in [6.45, 7) is 0. The molecule has 0 unspecified atom stereocenters. The van der Waals surface area contributed by atoms with Crippen LogP contribution in [-0.2, 0) is 5.67 Å². The Morgan fingerprint density at radius 3 is 2.14 bits per heavy atom. The lowest BCUT2D eigenvalue weighted by molar-refractivity contribution is 0.103. The van der Waals surface area contributed by atoms with Crippen molar-refractivity contribution in [2.75, 3.05) is 0 Å². The fourth-order valence-corrected chi connectivity index (χ4v) is 1.70. The quantitative estimate of drug-likeness (QED) is 0.643. The highest BCUT2D eigenvalue weighted by Crippen LogP contribution is 2.50. The van der Waals surface area contributed by atoms with Crippen molar-refractivity contribution in [2.24, 2.45) is 0 Å². The van der Waals surface area contributed by atoms with Crippen molar-refractivity contribution in [3.8, 4) is 0 Å². The summed E-state index contributed by atoms with van der Waals surface area (Å²) in [7, 11) is 0. The molecule has 1 aromatic rings. The molecule has 1 fully saturated rings. The van der Waals surface area contributed by atoms with Crippen LogP contribution in [0.1, 0.15) is 18.4 Å². The van der Waals surface area contributed by atoms with Gasteiger partial charge in [-0.1, -0.05) is 30.3 Å². The summed E-state index contributed by atoms with van der Waals surface area (Å²) in [5.41, 5.74) is -1.14. The number of hydrogen-bond donors (Lipinski definition) is 0. The summed E-state index contributed by atoms with van der Waals surface area (Å²) in [6.07, 6.45) is -2.06. The van der Waals surface area contributed by atoms with Gasteiger partial charge in [0.2, 0.25) is 0 Å². The summed E-state index contributed by atoms with van der Waals surface area (Å²) in [6, 6.07) is 8.46. The van der Waals surface area contributed by atoms with Crippen LogP contribution in [0.25, 0.3) is 0 Å². The molecule has 3 heteroatoms. The Morgan fingerprint density at radius 1 is 1.07 bits per heavy atom. The first kappa shape index (κ1) is 9.31. The summed E-state index contributed by atoms with van der Waals surface area (Å²) < 4.78 is 38.0. The highest BCUT2D eigenvalue weighted by Gasteiger charge is 2.44. The van der Waals surface area contributed by atoms with E-state index in [1.165, 1.54) is 0 Å². The number of alkyl halides is 1. The van der Waals surface area contributed by atoms with Gasteiger partial charge in [-0.05, 0) is 5.56 Å². The highest BCUT2D eigenvalue weighted by atomic mass is 19.3. The lowest BCUT2D eigenvalue weighted by Crippen LogP contribution is -2.31. The summed E-state index contributed by atoms with van der Waals surface area (Å²) in [5.74, 6) is 0. The Kier molecular flexibility index (Phi) is 2.10. The maximum absolute atomic E-state index is 13.9. The Hall–Kier alpha value is -1.25. The SMILES string of the molecule is FC(F)=C1CC(F)(c2ccccc2)C1. The highest BCUT2D eigenvalue weighted by molar-refractivity contribution is 5.33. The van der Waals surface area contributed by atoms with Crippen molar-refractivity contribution >= 4 is 0 Å². The molecule has 0 spiro atoms. The second-order valence-electron chi connectivity index (χ2n) is 3.55. The van der Waals surface area contributed by atoms with Crippen LogP contribution >= 0.6 is 0 Å². The van der Waals surface area contributed by atoms with Gasteiger partial charge in [0.1, 0.15) is 5.67 Å². The molecule has 1 saturated carbocycles. The molecule has 0 aromatic heterocycles. The van der Waals surface area contributed by atoms with Gasteiger partial charge >= 0.3 is 0 Å². The molecule has 1 aliphatic rings. The fourth-order valence-electron chi connectivity index (χ4n) is 1.70. The third-order valence-corrected chi connectivity index (χ3v) is 2.55. The van der Waals surface area contributed by atoms with E-state index in [4.69, 9.17) is 0 Å². The van der Waals surface area contributed by atoms with E-state index in [9.17, 15) is 13.2 Å². The van der Waals surface area contributed by atoms with Crippen LogP contribution in [0, 0.1) is 0 Å². The van der Waals surface area contributed by atoms with Crippen molar-refractivity contribution in [2.45, 2.75) is 18.5 Å². The molecule has 1 aliphatic carbocycles. The number of benzene rings is 1. The predicted molar refractivity (Wildman–Crippen MR) is 47.7 cm³/mol. The minimum absolute atomic E-state index is 0.0589. The molecule has 74 valence electrons. The largest absolute Gasteiger partial charge is 0.269 e. The molecule has 0 bridgehead atoms. The standard InChI is InChI=1S/C11H9F3/c12-10(13)8-6-11(14,7-8)9-4-2-1-3-5-9/h1-5H,6-7H2. The van der Waals surface area contributed by atoms with Crippen molar-refractivity contribution in [1.29, 1.82) is 0 Å². The first-order valence-corrected chi connectivity index (χ1v) is 4.39. The van der Waals surface area contributed by atoms with Crippen LogP contribution in [0.2, 0.25) is 0 Å². The second-order valence-corrected chi connectivity index (χ2v) is 3.55. The van der Waals surface area contributed by atoms with Gasteiger partial charge in [-0.25, -0.2) is 4.39 Å². The van der Waals surface area contributed by atoms with Gasteiger partial charge in [0.25, 0.3) is 6.08 Å². The van der Waals surface area contributed by atoms with Crippen LogP contribution in [0.5, 0.6) is 0 Å². The first-order valence-electron chi connectivity index (χ1n) is 4.39. The van der Waals surface area contributed by atoms with Gasteiger partial charge in [-0.3, -0.25) is 0 Å². The average molecular weight is 198 g/mol. The van der Waals surface area contributed by atoms with Gasteiger partial charge < -0.3 is 0 Å². The van der Waals surface area contributed by atoms with E-state index in [1.807, 2.05) is 0 Å². The van der Waals surface area contributed by atoms with Crippen LogP contribution in [-0.4, -0.2) is 0 Å². The van der Waals surface area contributed by atoms with E-state index in [2.05, 4.69) is 0 Å². The first-order chi connectivity index (χ1) is 6.62. The van der Waals surface area contributed by atoms with Gasteiger partial charge in [0.15, 0.2) is 0 Å². The minimum Gasteiger partial charge on any atom is -0.238 e. The predicted octanol–water partition coefficient (Wildman–Crippen LogP) is 3.80. The lowest BCUT2D eigenvalue weighted by Gasteiger charge is -2.36. The van der Waals surface area contributed by atoms with E-state index >= 15 is 0 Å². The van der Waals surface area contributed by atoms with Crippen molar-refractivity contribution < 1.29 is 13.2 Å². The molecule has 0 N–H and O–H groups in total. The fraction of sp³-hybridized carbons (Fsp3) is 0.273. The monoisotopic (exact) mass is 198 g/mol. The molecule has 0 atom stereocenters. The summed E-state index contributed by atoms with van der Waals surface area (Å²) >= 11 is 0. The van der Waals surface area contributed by atoms with E-state index in [-0.39, 0.29) is 18.4 Å². The molecule has 0 aliphatic heterocycles. The Labute approximate surface area is 80.1 Å². The number of allylic oxidation sites excluding steroid dienone is 1. The zero-order chi connectivity index (χ0) is 10.2. The zero-order valence-corrected chi connectivity index (χ0v) is 7.43. The van der Waals surface area contributed by atoms with Crippen molar-refractivity contribution in [3.05, 3.63) is 47.5 Å². The van der Waals surface area contributed by atoms with E-state index in [0.29, 0.717) is 5.56 Å². The van der Waals surface area contributed by atoms with E-state index in [1.54, 1.807) is 30.3 Å². The normalized spacial score (nSPS) is 25.8. The number of halogens is 3. The zero-order valence-electron chi connectivity index (χ0n) is 7.43. The average Bonchev–Trinajstić information content (AvgIpc) is 2.14. The Morgan fingerprint density at radius 2 is 1.64 bits per heavy atom. The third-order valence-electron chi connectivity index (χ3n) is 2.55. The molecule has 0 heterocycles. The summed E-state index contributed by atoms with van der Waals surface area (Å²) in [5, 5.41) is 0. The minimum atomic E-state index is -1.73. The van der Waals surface area contributed by atoms with Crippen LogP contribution in [0.3, 0.4) is 0 Å². The second kappa shape index (κ2) is 3.15. The molecule has 0 amide bonds. The molecule has 1 aromatic carbocycles. The molecule has 0 saturated heterocycles. The smallest absolute Gasteiger partial charge is 0.238 e. The Bertz CT molecular complexity index is 355. The van der Waals surface area contributed by atoms with Gasteiger partial charge in [-0.15, -0.1) is 0 Å². The molecular formula is C11H9F3. The van der Waals surface area contributed by atoms with Crippen molar-refractivity contribution in [1.82, 2.24) is 0 Å².